The summed E-state index contributed by atoms with van der Waals surface area (Å²) in [5.41, 5.74) is 2.14. The SMILES string of the molecule is CC1CCCCN1Cc1ccccc1CNC(=O)c1c(F)cccc1Cl. The number of piperidine rings is 1. The normalized spacial score (nSPS) is 17.9. The molecule has 2 aromatic rings. The van der Waals surface area contributed by atoms with E-state index >= 15 is 0 Å². The molecule has 0 bridgehead atoms. The third kappa shape index (κ3) is 4.43. The molecule has 0 saturated carbocycles. The van der Waals surface area contributed by atoms with Gasteiger partial charge in [0.2, 0.25) is 0 Å². The number of hydrogen-bond acceptors (Lipinski definition) is 2. The van der Waals surface area contributed by atoms with Crippen molar-refractivity contribution in [3.63, 3.8) is 0 Å². The standard InChI is InChI=1S/C21H24ClFN2O/c1-15-7-4-5-12-25(15)14-17-9-3-2-8-16(17)13-24-21(26)20-18(22)10-6-11-19(20)23/h2-3,6,8-11,15H,4-5,7,12-14H2,1H3,(H,24,26). The van der Waals surface area contributed by atoms with Gasteiger partial charge in [0, 0.05) is 19.1 Å². The monoisotopic (exact) mass is 374 g/mol. The molecular weight excluding hydrogens is 351 g/mol. The van der Waals surface area contributed by atoms with E-state index in [2.05, 4.69) is 23.2 Å². The van der Waals surface area contributed by atoms with Crippen LogP contribution in [0.3, 0.4) is 0 Å². The third-order valence-corrected chi connectivity index (χ3v) is 5.38. The highest BCUT2D eigenvalue weighted by Crippen LogP contribution is 2.22. The Morgan fingerprint density at radius 2 is 1.96 bits per heavy atom. The highest BCUT2D eigenvalue weighted by molar-refractivity contribution is 6.33. The molecule has 1 amide bonds. The molecule has 3 nitrogen and oxygen atoms in total. The smallest absolute Gasteiger partial charge is 0.256 e. The summed E-state index contributed by atoms with van der Waals surface area (Å²) in [5.74, 6) is -1.10. The van der Waals surface area contributed by atoms with Gasteiger partial charge in [-0.05, 0) is 49.6 Å². The van der Waals surface area contributed by atoms with E-state index in [9.17, 15) is 9.18 Å². The Labute approximate surface area is 159 Å². The van der Waals surface area contributed by atoms with E-state index in [-0.39, 0.29) is 10.6 Å². The number of amides is 1. The quantitative estimate of drug-likeness (QED) is 0.816. The molecule has 1 unspecified atom stereocenters. The van der Waals surface area contributed by atoms with Gasteiger partial charge in [-0.15, -0.1) is 0 Å². The van der Waals surface area contributed by atoms with E-state index < -0.39 is 11.7 Å². The minimum Gasteiger partial charge on any atom is -0.348 e. The number of likely N-dealkylation sites (tertiary alicyclic amines) is 1. The predicted octanol–water partition coefficient (Wildman–Crippen LogP) is 4.78. The molecule has 26 heavy (non-hydrogen) atoms. The van der Waals surface area contributed by atoms with Crippen molar-refractivity contribution in [2.45, 2.75) is 45.3 Å². The van der Waals surface area contributed by atoms with E-state index in [4.69, 9.17) is 11.6 Å². The summed E-state index contributed by atoms with van der Waals surface area (Å²) in [6, 6.07) is 12.9. The minimum absolute atomic E-state index is 0.101. The lowest BCUT2D eigenvalue weighted by Crippen LogP contribution is -2.37. The topological polar surface area (TPSA) is 32.3 Å². The molecule has 138 valence electrons. The number of rotatable bonds is 5. The molecule has 0 aromatic heterocycles. The predicted molar refractivity (Wildman–Crippen MR) is 103 cm³/mol. The van der Waals surface area contributed by atoms with Crippen molar-refractivity contribution in [1.82, 2.24) is 10.2 Å². The van der Waals surface area contributed by atoms with Crippen LogP contribution in [0, 0.1) is 5.82 Å². The highest BCUT2D eigenvalue weighted by Gasteiger charge is 2.20. The van der Waals surface area contributed by atoms with Crippen LogP contribution in [0.5, 0.6) is 0 Å². The Balaban J connectivity index is 1.69. The maximum atomic E-state index is 13.9. The zero-order chi connectivity index (χ0) is 18.5. The van der Waals surface area contributed by atoms with Crippen LogP contribution < -0.4 is 5.32 Å². The Morgan fingerprint density at radius 3 is 2.69 bits per heavy atom. The first-order valence-corrected chi connectivity index (χ1v) is 9.47. The van der Waals surface area contributed by atoms with Crippen LogP contribution in [0.4, 0.5) is 4.39 Å². The summed E-state index contributed by atoms with van der Waals surface area (Å²) in [6.45, 7) is 4.59. The Hall–Kier alpha value is -1.91. The summed E-state index contributed by atoms with van der Waals surface area (Å²) in [4.78, 5) is 14.9. The van der Waals surface area contributed by atoms with E-state index in [1.807, 2.05) is 18.2 Å². The molecule has 5 heteroatoms. The van der Waals surface area contributed by atoms with Crippen LogP contribution in [0.2, 0.25) is 5.02 Å². The van der Waals surface area contributed by atoms with Gasteiger partial charge in [0.25, 0.3) is 5.91 Å². The summed E-state index contributed by atoms with van der Waals surface area (Å²) in [5, 5.41) is 2.93. The van der Waals surface area contributed by atoms with E-state index in [1.54, 1.807) is 0 Å². The molecule has 1 aliphatic rings. The van der Waals surface area contributed by atoms with Gasteiger partial charge < -0.3 is 5.32 Å². The lowest BCUT2D eigenvalue weighted by atomic mass is 10.0. The lowest BCUT2D eigenvalue weighted by Gasteiger charge is -2.33. The molecular formula is C21H24ClFN2O. The van der Waals surface area contributed by atoms with Crippen LogP contribution in [-0.2, 0) is 13.1 Å². The molecule has 1 fully saturated rings. The van der Waals surface area contributed by atoms with Crippen LogP contribution in [0.1, 0.15) is 47.7 Å². The van der Waals surface area contributed by atoms with Crippen molar-refractivity contribution >= 4 is 17.5 Å². The zero-order valence-electron chi connectivity index (χ0n) is 15.0. The maximum absolute atomic E-state index is 13.9. The molecule has 1 N–H and O–H groups in total. The molecule has 3 rings (SSSR count). The summed E-state index contributed by atoms with van der Waals surface area (Å²) < 4.78 is 13.9. The molecule has 1 saturated heterocycles. The number of nitrogens with one attached hydrogen (secondary N) is 1. The summed E-state index contributed by atoms with van der Waals surface area (Å²) >= 11 is 5.97. The largest absolute Gasteiger partial charge is 0.348 e. The average Bonchev–Trinajstić information content (AvgIpc) is 2.63. The zero-order valence-corrected chi connectivity index (χ0v) is 15.7. The van der Waals surface area contributed by atoms with Crippen molar-refractivity contribution in [2.24, 2.45) is 0 Å². The Bertz CT molecular complexity index is 760. The van der Waals surface area contributed by atoms with Gasteiger partial charge in [-0.3, -0.25) is 9.69 Å². The second kappa shape index (κ2) is 8.65. The number of carbonyl (C=O) groups is 1. The number of benzene rings is 2. The van der Waals surface area contributed by atoms with E-state index in [0.29, 0.717) is 12.6 Å². The fraction of sp³-hybridized carbons (Fsp3) is 0.381. The third-order valence-electron chi connectivity index (χ3n) is 5.06. The van der Waals surface area contributed by atoms with Crippen LogP contribution >= 0.6 is 11.6 Å². The van der Waals surface area contributed by atoms with Gasteiger partial charge >= 0.3 is 0 Å². The molecule has 2 aromatic carbocycles. The lowest BCUT2D eigenvalue weighted by molar-refractivity contribution is 0.0946. The molecule has 1 aliphatic heterocycles. The second-order valence-corrected chi connectivity index (χ2v) is 7.27. The molecule has 0 spiro atoms. The first kappa shape index (κ1) is 18.9. The van der Waals surface area contributed by atoms with Gasteiger partial charge in [0.1, 0.15) is 5.82 Å². The van der Waals surface area contributed by atoms with E-state index in [0.717, 1.165) is 18.7 Å². The summed E-state index contributed by atoms with van der Waals surface area (Å²) in [7, 11) is 0. The Kier molecular flexibility index (Phi) is 6.28. The minimum atomic E-state index is -0.606. The number of nitrogens with zero attached hydrogens (tertiary/aromatic N) is 1. The van der Waals surface area contributed by atoms with Crippen molar-refractivity contribution in [3.05, 3.63) is 70.0 Å². The van der Waals surface area contributed by atoms with Crippen LogP contribution in [-0.4, -0.2) is 23.4 Å². The first-order chi connectivity index (χ1) is 12.6. The molecule has 0 aliphatic carbocycles. The Morgan fingerprint density at radius 1 is 1.19 bits per heavy atom. The fourth-order valence-corrected chi connectivity index (χ4v) is 3.72. The number of halogens is 2. The van der Waals surface area contributed by atoms with Gasteiger partial charge in [0.15, 0.2) is 0 Å². The van der Waals surface area contributed by atoms with Crippen molar-refractivity contribution in [3.8, 4) is 0 Å². The van der Waals surface area contributed by atoms with E-state index in [1.165, 1.54) is 43.0 Å². The van der Waals surface area contributed by atoms with Crippen molar-refractivity contribution in [2.75, 3.05) is 6.54 Å². The fourth-order valence-electron chi connectivity index (χ4n) is 3.47. The van der Waals surface area contributed by atoms with Gasteiger partial charge in [-0.25, -0.2) is 4.39 Å². The molecule has 0 radical (unpaired) electrons. The van der Waals surface area contributed by atoms with Crippen molar-refractivity contribution in [1.29, 1.82) is 0 Å². The molecule has 1 atom stereocenters. The molecule has 1 heterocycles. The van der Waals surface area contributed by atoms with Gasteiger partial charge in [0.05, 0.1) is 10.6 Å². The summed E-state index contributed by atoms with van der Waals surface area (Å²) in [6.07, 6.45) is 3.75. The second-order valence-electron chi connectivity index (χ2n) is 6.86. The van der Waals surface area contributed by atoms with Gasteiger partial charge in [-0.1, -0.05) is 48.4 Å². The maximum Gasteiger partial charge on any atom is 0.256 e. The average molecular weight is 375 g/mol. The van der Waals surface area contributed by atoms with Crippen molar-refractivity contribution < 1.29 is 9.18 Å². The van der Waals surface area contributed by atoms with Crippen LogP contribution in [0.25, 0.3) is 0 Å². The number of hydrogen-bond donors (Lipinski definition) is 1. The highest BCUT2D eigenvalue weighted by atomic mass is 35.5. The first-order valence-electron chi connectivity index (χ1n) is 9.09. The number of carbonyl (C=O) groups excluding carboxylic acids is 1. The van der Waals surface area contributed by atoms with Crippen LogP contribution in [0.15, 0.2) is 42.5 Å². The van der Waals surface area contributed by atoms with Gasteiger partial charge in [-0.2, -0.15) is 0 Å².